The van der Waals surface area contributed by atoms with E-state index in [2.05, 4.69) is 76.8 Å². The van der Waals surface area contributed by atoms with Crippen LogP contribution in [0.3, 0.4) is 0 Å². The first-order chi connectivity index (χ1) is 12.4. The number of nitrogens with one attached hydrogen (secondary N) is 1. The predicted molar refractivity (Wildman–Crippen MR) is 113 cm³/mol. The Morgan fingerprint density at radius 1 is 0.885 bits per heavy atom. The number of fused-ring (bicyclic) bond motifs is 1. The number of aromatic amines is 1. The number of aryl methyl sites for hydroxylation is 1. The zero-order valence-corrected chi connectivity index (χ0v) is 16.0. The quantitative estimate of drug-likeness (QED) is 0.579. The van der Waals surface area contributed by atoms with E-state index in [1.807, 2.05) is 0 Å². The van der Waals surface area contributed by atoms with E-state index in [-0.39, 0.29) is 12.4 Å². The predicted octanol–water partition coefficient (Wildman–Crippen LogP) is 5.40. The van der Waals surface area contributed by atoms with Crippen LogP contribution >= 0.6 is 12.4 Å². The Bertz CT molecular complexity index is 851. The molecule has 3 heteroatoms. The van der Waals surface area contributed by atoms with Crippen molar-refractivity contribution in [1.82, 2.24) is 9.88 Å². The highest BCUT2D eigenvalue weighted by atomic mass is 35.5. The molecular weight excluding hydrogens is 340 g/mol. The van der Waals surface area contributed by atoms with Crippen LogP contribution in [-0.2, 0) is 12.8 Å². The number of aromatic nitrogens is 1. The van der Waals surface area contributed by atoms with Gasteiger partial charge in [-0.05, 0) is 42.9 Å². The summed E-state index contributed by atoms with van der Waals surface area (Å²) in [7, 11) is 0. The van der Waals surface area contributed by atoms with Crippen LogP contribution in [0, 0.1) is 0 Å². The minimum absolute atomic E-state index is 0. The zero-order chi connectivity index (χ0) is 16.9. The van der Waals surface area contributed by atoms with Gasteiger partial charge in [0.15, 0.2) is 0 Å². The van der Waals surface area contributed by atoms with Crippen molar-refractivity contribution in [3.8, 4) is 0 Å². The summed E-state index contributed by atoms with van der Waals surface area (Å²) in [6.07, 6.45) is 9.34. The molecule has 0 saturated carbocycles. The molecule has 0 unspecified atom stereocenters. The van der Waals surface area contributed by atoms with Crippen LogP contribution < -0.4 is 0 Å². The highest BCUT2D eigenvalue weighted by molar-refractivity contribution is 5.85. The average molecular weight is 367 g/mol. The molecule has 4 rings (SSSR count). The van der Waals surface area contributed by atoms with E-state index in [0.29, 0.717) is 0 Å². The molecule has 0 aliphatic carbocycles. The van der Waals surface area contributed by atoms with Crippen LogP contribution in [0.25, 0.3) is 10.9 Å². The van der Waals surface area contributed by atoms with Crippen LogP contribution in [0.2, 0.25) is 0 Å². The van der Waals surface area contributed by atoms with E-state index < -0.39 is 0 Å². The molecule has 26 heavy (non-hydrogen) atoms. The molecule has 2 aromatic carbocycles. The fourth-order valence-corrected chi connectivity index (χ4v) is 3.75. The number of para-hydroxylation sites is 1. The average Bonchev–Trinajstić information content (AvgIpc) is 3.10. The van der Waals surface area contributed by atoms with Gasteiger partial charge in [-0.1, -0.05) is 60.2 Å². The number of H-pyrrole nitrogens is 1. The molecule has 2 heterocycles. The molecule has 0 spiro atoms. The van der Waals surface area contributed by atoms with Crippen LogP contribution in [0.5, 0.6) is 0 Å². The maximum Gasteiger partial charge on any atom is 0.0456 e. The van der Waals surface area contributed by atoms with Gasteiger partial charge in [0.1, 0.15) is 0 Å². The fraction of sp³-hybridized carbons (Fsp3) is 0.304. The van der Waals surface area contributed by atoms with Crippen molar-refractivity contribution in [2.24, 2.45) is 0 Å². The minimum atomic E-state index is 0. The summed E-state index contributed by atoms with van der Waals surface area (Å²) >= 11 is 0. The summed E-state index contributed by atoms with van der Waals surface area (Å²) < 4.78 is 0. The van der Waals surface area contributed by atoms with Gasteiger partial charge < -0.3 is 4.98 Å². The molecule has 3 aromatic rings. The molecule has 0 radical (unpaired) electrons. The Hall–Kier alpha value is -2.03. The van der Waals surface area contributed by atoms with Gasteiger partial charge in [-0.2, -0.15) is 0 Å². The molecule has 1 aliphatic rings. The lowest BCUT2D eigenvalue weighted by atomic mass is 9.99. The molecule has 136 valence electrons. The normalized spacial score (nSPS) is 14.8. The molecule has 0 fully saturated rings. The molecule has 2 nitrogen and oxygen atoms in total. The second-order valence-corrected chi connectivity index (χ2v) is 7.01. The number of halogens is 1. The SMILES string of the molecule is C1=C(CCc2c[nH]c3ccccc23)CCN(CCc2ccccc2)C1.Cl. The lowest BCUT2D eigenvalue weighted by Crippen LogP contribution is -2.30. The standard InChI is InChI=1S/C23H26N2.ClH/c1-2-6-19(7-3-1)12-15-25-16-13-20(14-17-25)10-11-21-18-24-23-9-5-4-8-22(21)23;/h1-9,13,18,24H,10-12,14-17H2;1H. The highest BCUT2D eigenvalue weighted by Gasteiger charge is 2.12. The van der Waals surface area contributed by atoms with Crippen LogP contribution in [0.1, 0.15) is 24.0 Å². The van der Waals surface area contributed by atoms with Crippen molar-refractivity contribution >= 4 is 23.3 Å². The Morgan fingerprint density at radius 2 is 1.69 bits per heavy atom. The molecule has 1 N–H and O–H groups in total. The van der Waals surface area contributed by atoms with Crippen molar-refractivity contribution < 1.29 is 0 Å². The third-order valence-corrected chi connectivity index (χ3v) is 5.34. The molecule has 1 aliphatic heterocycles. The summed E-state index contributed by atoms with van der Waals surface area (Å²) in [6.45, 7) is 3.47. The molecule has 0 atom stereocenters. The Labute approximate surface area is 162 Å². The molecular formula is C23H27ClN2. The highest BCUT2D eigenvalue weighted by Crippen LogP contribution is 2.22. The van der Waals surface area contributed by atoms with E-state index >= 15 is 0 Å². The minimum Gasteiger partial charge on any atom is -0.361 e. The summed E-state index contributed by atoms with van der Waals surface area (Å²) in [6, 6.07) is 19.4. The van der Waals surface area contributed by atoms with Gasteiger partial charge >= 0.3 is 0 Å². The number of rotatable bonds is 6. The summed E-state index contributed by atoms with van der Waals surface area (Å²) in [5.41, 5.74) is 5.77. The van der Waals surface area contributed by atoms with Gasteiger partial charge in [0, 0.05) is 36.7 Å². The number of nitrogens with zero attached hydrogens (tertiary/aromatic N) is 1. The summed E-state index contributed by atoms with van der Waals surface area (Å²) in [5.74, 6) is 0. The van der Waals surface area contributed by atoms with Crippen LogP contribution in [0.4, 0.5) is 0 Å². The topological polar surface area (TPSA) is 19.0 Å². The summed E-state index contributed by atoms with van der Waals surface area (Å²) in [4.78, 5) is 5.96. The zero-order valence-electron chi connectivity index (χ0n) is 15.2. The van der Waals surface area contributed by atoms with Crippen molar-refractivity contribution in [2.45, 2.75) is 25.7 Å². The first kappa shape index (κ1) is 18.8. The third kappa shape index (κ3) is 4.57. The largest absolute Gasteiger partial charge is 0.361 e. The van der Waals surface area contributed by atoms with Crippen molar-refractivity contribution in [2.75, 3.05) is 19.6 Å². The van der Waals surface area contributed by atoms with Gasteiger partial charge in [-0.25, -0.2) is 0 Å². The Kier molecular flexibility index (Phi) is 6.54. The van der Waals surface area contributed by atoms with E-state index in [1.54, 1.807) is 5.57 Å². The third-order valence-electron chi connectivity index (χ3n) is 5.34. The van der Waals surface area contributed by atoms with Gasteiger partial charge in [-0.15, -0.1) is 12.4 Å². The number of benzene rings is 2. The van der Waals surface area contributed by atoms with E-state index in [4.69, 9.17) is 0 Å². The van der Waals surface area contributed by atoms with Crippen molar-refractivity contribution in [3.63, 3.8) is 0 Å². The van der Waals surface area contributed by atoms with Crippen molar-refractivity contribution in [1.29, 1.82) is 0 Å². The Balaban J connectivity index is 0.00000196. The molecule has 0 saturated heterocycles. The number of hydrogen-bond donors (Lipinski definition) is 1. The lowest BCUT2D eigenvalue weighted by Gasteiger charge is -2.26. The monoisotopic (exact) mass is 366 g/mol. The van der Waals surface area contributed by atoms with Crippen LogP contribution in [-0.4, -0.2) is 29.5 Å². The Morgan fingerprint density at radius 3 is 2.50 bits per heavy atom. The fourth-order valence-electron chi connectivity index (χ4n) is 3.75. The lowest BCUT2D eigenvalue weighted by molar-refractivity contribution is 0.296. The van der Waals surface area contributed by atoms with Crippen molar-refractivity contribution in [3.05, 3.63) is 83.6 Å². The van der Waals surface area contributed by atoms with Gasteiger partial charge in [0.25, 0.3) is 0 Å². The number of hydrogen-bond acceptors (Lipinski definition) is 1. The van der Waals surface area contributed by atoms with Crippen LogP contribution in [0.15, 0.2) is 72.4 Å². The van der Waals surface area contributed by atoms with E-state index in [9.17, 15) is 0 Å². The molecule has 1 aromatic heterocycles. The second-order valence-electron chi connectivity index (χ2n) is 7.01. The van der Waals surface area contributed by atoms with E-state index in [0.717, 1.165) is 25.9 Å². The first-order valence-corrected chi connectivity index (χ1v) is 9.38. The van der Waals surface area contributed by atoms with Gasteiger partial charge in [-0.3, -0.25) is 4.90 Å². The second kappa shape index (κ2) is 9.07. The molecule has 0 bridgehead atoms. The summed E-state index contributed by atoms with van der Waals surface area (Å²) in [5, 5.41) is 1.38. The maximum atomic E-state index is 3.39. The smallest absolute Gasteiger partial charge is 0.0456 e. The molecule has 0 amide bonds. The van der Waals surface area contributed by atoms with Gasteiger partial charge in [0.2, 0.25) is 0 Å². The van der Waals surface area contributed by atoms with E-state index in [1.165, 1.54) is 41.4 Å². The first-order valence-electron chi connectivity index (χ1n) is 9.38. The maximum absolute atomic E-state index is 3.39. The van der Waals surface area contributed by atoms with Gasteiger partial charge in [0.05, 0.1) is 0 Å².